The van der Waals surface area contributed by atoms with Crippen LogP contribution in [-0.2, 0) is 9.53 Å². The molecule has 0 aromatic carbocycles. The topological polar surface area (TPSA) is 54.5 Å². The quantitative estimate of drug-likeness (QED) is 0.906. The van der Waals surface area contributed by atoms with Gasteiger partial charge in [0.1, 0.15) is 5.82 Å². The van der Waals surface area contributed by atoms with E-state index in [-0.39, 0.29) is 11.8 Å². The van der Waals surface area contributed by atoms with Gasteiger partial charge in [0.05, 0.1) is 24.4 Å². The number of aryl methyl sites for hydroxylation is 1. The summed E-state index contributed by atoms with van der Waals surface area (Å²) >= 11 is 0. The average molecular weight is 291 g/mol. The van der Waals surface area contributed by atoms with E-state index in [9.17, 15) is 4.79 Å². The standard InChI is InChI=1S/C16H25N3O2/c1-12-9-14(18-16(20)13(2)11-21-3)10-17-15(12)19-7-5-4-6-8-19/h9-10,13H,4-8,11H2,1-3H3,(H,18,20)/t13-/m0/s1. The Kier molecular flexibility index (Phi) is 5.56. The monoisotopic (exact) mass is 291 g/mol. The predicted octanol–water partition coefficient (Wildman–Crippen LogP) is 2.60. The summed E-state index contributed by atoms with van der Waals surface area (Å²) in [4.78, 5) is 18.8. The molecule has 21 heavy (non-hydrogen) atoms. The number of nitrogens with zero attached hydrogens (tertiary/aromatic N) is 2. The van der Waals surface area contributed by atoms with Crippen LogP contribution in [-0.4, -0.2) is 37.7 Å². The van der Waals surface area contributed by atoms with Crippen molar-refractivity contribution in [3.8, 4) is 0 Å². The molecule has 0 radical (unpaired) electrons. The van der Waals surface area contributed by atoms with Gasteiger partial charge in [-0.25, -0.2) is 4.98 Å². The van der Waals surface area contributed by atoms with Crippen molar-refractivity contribution in [1.29, 1.82) is 0 Å². The molecule has 2 rings (SSSR count). The lowest BCUT2D eigenvalue weighted by Gasteiger charge is -2.29. The highest BCUT2D eigenvalue weighted by molar-refractivity contribution is 5.92. The third-order valence-corrected chi connectivity index (χ3v) is 3.84. The molecule has 1 saturated heterocycles. The maximum atomic E-state index is 12.0. The highest BCUT2D eigenvalue weighted by atomic mass is 16.5. The molecule has 116 valence electrons. The zero-order chi connectivity index (χ0) is 15.2. The van der Waals surface area contributed by atoms with Gasteiger partial charge in [0.25, 0.3) is 0 Å². The number of hydrogen-bond donors (Lipinski definition) is 1. The summed E-state index contributed by atoms with van der Waals surface area (Å²) in [5, 5.41) is 2.90. The lowest BCUT2D eigenvalue weighted by molar-refractivity contribution is -0.120. The van der Waals surface area contributed by atoms with Crippen LogP contribution in [0.5, 0.6) is 0 Å². The summed E-state index contributed by atoms with van der Waals surface area (Å²) in [7, 11) is 1.60. The summed E-state index contributed by atoms with van der Waals surface area (Å²) in [6.45, 7) is 6.46. The van der Waals surface area contributed by atoms with Crippen molar-refractivity contribution in [2.45, 2.75) is 33.1 Å². The third-order valence-electron chi connectivity index (χ3n) is 3.84. The van der Waals surface area contributed by atoms with Crippen LogP contribution in [0.1, 0.15) is 31.7 Å². The lowest BCUT2D eigenvalue weighted by atomic mass is 10.1. The summed E-state index contributed by atoms with van der Waals surface area (Å²) in [5.74, 6) is 0.832. The molecule has 1 atom stereocenters. The van der Waals surface area contributed by atoms with Crippen LogP contribution < -0.4 is 10.2 Å². The molecule has 5 nitrogen and oxygen atoms in total. The molecule has 1 fully saturated rings. The Bertz CT molecular complexity index is 484. The maximum absolute atomic E-state index is 12.0. The molecule has 1 aromatic heterocycles. The molecular formula is C16H25N3O2. The minimum absolute atomic E-state index is 0.0382. The molecule has 1 N–H and O–H groups in total. The molecule has 1 aliphatic rings. The van der Waals surface area contributed by atoms with Crippen molar-refractivity contribution < 1.29 is 9.53 Å². The van der Waals surface area contributed by atoms with E-state index < -0.39 is 0 Å². The number of carbonyl (C=O) groups is 1. The minimum atomic E-state index is -0.169. The summed E-state index contributed by atoms with van der Waals surface area (Å²) < 4.78 is 5.00. The number of pyridine rings is 1. The van der Waals surface area contributed by atoms with Crippen molar-refractivity contribution in [2.75, 3.05) is 37.0 Å². The number of rotatable bonds is 5. The van der Waals surface area contributed by atoms with Crippen LogP contribution in [0.25, 0.3) is 0 Å². The summed E-state index contributed by atoms with van der Waals surface area (Å²) in [5.41, 5.74) is 1.86. The van der Waals surface area contributed by atoms with Gasteiger partial charge in [-0.15, -0.1) is 0 Å². The predicted molar refractivity (Wildman–Crippen MR) is 84.7 cm³/mol. The highest BCUT2D eigenvalue weighted by Gasteiger charge is 2.16. The van der Waals surface area contributed by atoms with Crippen molar-refractivity contribution in [2.24, 2.45) is 5.92 Å². The Morgan fingerprint density at radius 2 is 2.14 bits per heavy atom. The van der Waals surface area contributed by atoms with Crippen molar-refractivity contribution in [3.63, 3.8) is 0 Å². The van der Waals surface area contributed by atoms with E-state index in [0.717, 1.165) is 30.2 Å². The fourth-order valence-electron chi connectivity index (χ4n) is 2.66. The van der Waals surface area contributed by atoms with Crippen LogP contribution in [0.4, 0.5) is 11.5 Å². The normalized spacial score (nSPS) is 16.6. The molecule has 2 heterocycles. The first-order chi connectivity index (χ1) is 10.1. The van der Waals surface area contributed by atoms with Crippen LogP contribution in [0.3, 0.4) is 0 Å². The van der Waals surface area contributed by atoms with E-state index in [1.807, 2.05) is 19.9 Å². The van der Waals surface area contributed by atoms with Gasteiger partial charge in [-0.2, -0.15) is 0 Å². The second-order valence-corrected chi connectivity index (χ2v) is 5.76. The fourth-order valence-corrected chi connectivity index (χ4v) is 2.66. The van der Waals surface area contributed by atoms with Gasteiger partial charge in [-0.1, -0.05) is 6.92 Å². The Hall–Kier alpha value is -1.62. The van der Waals surface area contributed by atoms with Gasteiger partial charge >= 0.3 is 0 Å². The molecule has 0 unspecified atom stereocenters. The fraction of sp³-hybridized carbons (Fsp3) is 0.625. The largest absolute Gasteiger partial charge is 0.384 e. The molecule has 0 aliphatic carbocycles. The van der Waals surface area contributed by atoms with Crippen molar-refractivity contribution in [3.05, 3.63) is 17.8 Å². The number of methoxy groups -OCH3 is 1. The number of anilines is 2. The minimum Gasteiger partial charge on any atom is -0.384 e. The van der Waals surface area contributed by atoms with Gasteiger partial charge < -0.3 is 15.0 Å². The number of nitrogens with one attached hydrogen (secondary N) is 1. The molecular weight excluding hydrogens is 266 g/mol. The first kappa shape index (κ1) is 15.8. The summed E-state index contributed by atoms with van der Waals surface area (Å²) in [6, 6.07) is 1.99. The van der Waals surface area contributed by atoms with Crippen LogP contribution in [0.2, 0.25) is 0 Å². The molecule has 5 heteroatoms. The molecule has 1 aromatic rings. The Balaban J connectivity index is 2.03. The molecule has 1 amide bonds. The van der Waals surface area contributed by atoms with E-state index in [2.05, 4.69) is 15.2 Å². The van der Waals surface area contributed by atoms with Crippen LogP contribution in [0, 0.1) is 12.8 Å². The van der Waals surface area contributed by atoms with Gasteiger partial charge in [0, 0.05) is 20.2 Å². The SMILES string of the molecule is COC[C@H](C)C(=O)Nc1cnc(N2CCCCC2)c(C)c1. The molecule has 0 saturated carbocycles. The number of aromatic nitrogens is 1. The third kappa shape index (κ3) is 4.17. The van der Waals surface area contributed by atoms with E-state index in [4.69, 9.17) is 4.74 Å². The van der Waals surface area contributed by atoms with E-state index in [0.29, 0.717) is 6.61 Å². The molecule has 0 spiro atoms. The second kappa shape index (κ2) is 7.41. The average Bonchev–Trinajstić information content (AvgIpc) is 2.48. The second-order valence-electron chi connectivity index (χ2n) is 5.76. The number of piperidine rings is 1. The lowest BCUT2D eigenvalue weighted by Crippen LogP contribution is -2.31. The Labute approximate surface area is 126 Å². The number of hydrogen-bond acceptors (Lipinski definition) is 4. The number of ether oxygens (including phenoxy) is 1. The first-order valence-electron chi connectivity index (χ1n) is 7.63. The Morgan fingerprint density at radius 3 is 2.76 bits per heavy atom. The zero-order valence-corrected chi connectivity index (χ0v) is 13.2. The van der Waals surface area contributed by atoms with E-state index >= 15 is 0 Å². The summed E-state index contributed by atoms with van der Waals surface area (Å²) in [6.07, 6.45) is 5.51. The van der Waals surface area contributed by atoms with Gasteiger partial charge in [0.2, 0.25) is 5.91 Å². The molecule has 1 aliphatic heterocycles. The van der Waals surface area contributed by atoms with Crippen LogP contribution >= 0.6 is 0 Å². The maximum Gasteiger partial charge on any atom is 0.229 e. The zero-order valence-electron chi connectivity index (χ0n) is 13.2. The number of amides is 1. The van der Waals surface area contributed by atoms with E-state index in [1.54, 1.807) is 13.3 Å². The van der Waals surface area contributed by atoms with Gasteiger partial charge in [-0.3, -0.25) is 4.79 Å². The van der Waals surface area contributed by atoms with Crippen LogP contribution in [0.15, 0.2) is 12.3 Å². The van der Waals surface area contributed by atoms with E-state index in [1.165, 1.54) is 19.3 Å². The first-order valence-corrected chi connectivity index (χ1v) is 7.63. The number of carbonyl (C=O) groups excluding carboxylic acids is 1. The smallest absolute Gasteiger partial charge is 0.229 e. The highest BCUT2D eigenvalue weighted by Crippen LogP contribution is 2.23. The van der Waals surface area contributed by atoms with Gasteiger partial charge in [-0.05, 0) is 37.8 Å². The Morgan fingerprint density at radius 1 is 1.43 bits per heavy atom. The van der Waals surface area contributed by atoms with Crippen molar-refractivity contribution >= 4 is 17.4 Å². The van der Waals surface area contributed by atoms with Crippen molar-refractivity contribution in [1.82, 2.24) is 4.98 Å². The van der Waals surface area contributed by atoms with Gasteiger partial charge in [0.15, 0.2) is 0 Å². The molecule has 0 bridgehead atoms.